The lowest BCUT2D eigenvalue weighted by atomic mass is 9.93. The van der Waals surface area contributed by atoms with Gasteiger partial charge in [0.25, 0.3) is 0 Å². The monoisotopic (exact) mass is 228 g/mol. The van der Waals surface area contributed by atoms with Crippen LogP contribution in [0, 0.1) is 5.92 Å². The fraction of sp³-hybridized carbons (Fsp3) is 0.800. The molecule has 16 heavy (non-hydrogen) atoms. The van der Waals surface area contributed by atoms with Gasteiger partial charge in [-0.05, 0) is 19.3 Å². The lowest BCUT2D eigenvalue weighted by Gasteiger charge is -2.27. The third kappa shape index (κ3) is 2.44. The molecule has 1 saturated carbocycles. The smallest absolute Gasteiger partial charge is 0.315 e. The zero-order valence-electron chi connectivity index (χ0n) is 8.94. The molecule has 2 amide bonds. The summed E-state index contributed by atoms with van der Waals surface area (Å²) in [4.78, 5) is 22.3. The molecule has 2 rings (SSSR count). The molecule has 1 heterocycles. The number of rotatable bonds is 3. The molecular formula is C10H16N2O4. The maximum atomic E-state index is 11.5. The first-order chi connectivity index (χ1) is 7.66. The van der Waals surface area contributed by atoms with E-state index < -0.39 is 17.9 Å². The van der Waals surface area contributed by atoms with Crippen LogP contribution in [-0.2, 0) is 9.53 Å². The van der Waals surface area contributed by atoms with Crippen molar-refractivity contribution in [3.05, 3.63) is 0 Å². The Morgan fingerprint density at radius 3 is 2.50 bits per heavy atom. The van der Waals surface area contributed by atoms with E-state index in [9.17, 15) is 9.59 Å². The van der Waals surface area contributed by atoms with E-state index in [0.717, 1.165) is 19.3 Å². The molecule has 90 valence electrons. The summed E-state index contributed by atoms with van der Waals surface area (Å²) in [5, 5.41) is 14.3. The number of hydrogen-bond acceptors (Lipinski definition) is 3. The van der Waals surface area contributed by atoms with Gasteiger partial charge in [-0.25, -0.2) is 4.79 Å². The summed E-state index contributed by atoms with van der Waals surface area (Å²) in [5.41, 5.74) is 0. The number of aliphatic carboxylic acids is 1. The molecule has 1 aliphatic heterocycles. The molecule has 6 nitrogen and oxygen atoms in total. The van der Waals surface area contributed by atoms with E-state index in [4.69, 9.17) is 9.84 Å². The molecule has 2 fully saturated rings. The van der Waals surface area contributed by atoms with Crippen LogP contribution in [0.5, 0.6) is 0 Å². The first-order valence-electron chi connectivity index (χ1n) is 5.54. The second-order valence-corrected chi connectivity index (χ2v) is 4.33. The van der Waals surface area contributed by atoms with Crippen molar-refractivity contribution in [3.63, 3.8) is 0 Å². The van der Waals surface area contributed by atoms with Crippen LogP contribution in [0.1, 0.15) is 19.3 Å². The van der Waals surface area contributed by atoms with Crippen LogP contribution in [0.25, 0.3) is 0 Å². The third-order valence-electron chi connectivity index (χ3n) is 3.15. The van der Waals surface area contributed by atoms with Gasteiger partial charge in [0.1, 0.15) is 5.92 Å². The quantitative estimate of drug-likeness (QED) is 0.631. The first kappa shape index (κ1) is 11.2. The van der Waals surface area contributed by atoms with Crippen LogP contribution in [-0.4, -0.2) is 42.4 Å². The van der Waals surface area contributed by atoms with Gasteiger partial charge in [-0.3, -0.25) is 4.79 Å². The minimum atomic E-state index is -0.925. The van der Waals surface area contributed by atoms with E-state index in [-0.39, 0.29) is 25.3 Å². The van der Waals surface area contributed by atoms with Gasteiger partial charge in [0.15, 0.2) is 0 Å². The summed E-state index contributed by atoms with van der Waals surface area (Å²) >= 11 is 0. The first-order valence-corrected chi connectivity index (χ1v) is 5.54. The molecule has 1 saturated heterocycles. The van der Waals surface area contributed by atoms with Gasteiger partial charge in [0, 0.05) is 6.04 Å². The highest BCUT2D eigenvalue weighted by Crippen LogP contribution is 2.18. The van der Waals surface area contributed by atoms with Gasteiger partial charge < -0.3 is 20.5 Å². The predicted octanol–water partition coefficient (Wildman–Crippen LogP) is -0.0623. The van der Waals surface area contributed by atoms with Crippen LogP contribution in [0.4, 0.5) is 4.79 Å². The molecule has 3 N–H and O–H groups in total. The number of carboxylic acids is 1. The van der Waals surface area contributed by atoms with E-state index in [2.05, 4.69) is 10.6 Å². The average molecular weight is 228 g/mol. The third-order valence-corrected chi connectivity index (χ3v) is 3.15. The zero-order valence-corrected chi connectivity index (χ0v) is 8.94. The topological polar surface area (TPSA) is 87.7 Å². The Labute approximate surface area is 93.3 Å². The second-order valence-electron chi connectivity index (χ2n) is 4.33. The van der Waals surface area contributed by atoms with E-state index in [1.54, 1.807) is 0 Å². The molecule has 6 heteroatoms. The summed E-state index contributed by atoms with van der Waals surface area (Å²) in [6.45, 7) is 0.443. The molecule has 0 aromatic rings. The molecule has 2 aliphatic rings. The molecule has 2 atom stereocenters. The summed E-state index contributed by atoms with van der Waals surface area (Å²) in [5.74, 6) is -1.56. The Morgan fingerprint density at radius 1 is 1.19 bits per heavy atom. The molecular weight excluding hydrogens is 212 g/mol. The highest BCUT2D eigenvalue weighted by Gasteiger charge is 2.35. The molecule has 0 bridgehead atoms. The Hall–Kier alpha value is -1.30. The number of urea groups is 1. The molecule has 0 radical (unpaired) electrons. The molecule has 0 aromatic heterocycles. The van der Waals surface area contributed by atoms with E-state index in [1.807, 2.05) is 0 Å². The standard InChI is InChI=1S/C10H16N2O4/c13-9(14)7-4-16-5-8(7)12-10(15)11-6-2-1-3-6/h6-8H,1-5H2,(H,13,14)(H2,11,12,15). The van der Waals surface area contributed by atoms with E-state index in [0.29, 0.717) is 0 Å². The summed E-state index contributed by atoms with van der Waals surface area (Å²) in [6, 6.07) is -0.449. The van der Waals surface area contributed by atoms with Gasteiger partial charge in [-0.2, -0.15) is 0 Å². The number of ether oxygens (including phenoxy) is 1. The Morgan fingerprint density at radius 2 is 1.94 bits per heavy atom. The Kier molecular flexibility index (Phi) is 3.28. The largest absolute Gasteiger partial charge is 0.481 e. The minimum absolute atomic E-state index is 0.170. The molecule has 1 aliphatic carbocycles. The lowest BCUT2D eigenvalue weighted by Crippen LogP contribution is -2.51. The number of nitrogens with one attached hydrogen (secondary N) is 2. The van der Waals surface area contributed by atoms with Gasteiger partial charge in [-0.1, -0.05) is 0 Å². The summed E-state index contributed by atoms with van der Waals surface area (Å²) in [6.07, 6.45) is 3.17. The predicted molar refractivity (Wildman–Crippen MR) is 55.0 cm³/mol. The molecule has 2 unspecified atom stereocenters. The number of carbonyl (C=O) groups is 2. The van der Waals surface area contributed by atoms with Crippen LogP contribution >= 0.6 is 0 Å². The average Bonchev–Trinajstić information content (AvgIpc) is 2.59. The maximum absolute atomic E-state index is 11.5. The fourth-order valence-electron chi connectivity index (χ4n) is 1.89. The number of amides is 2. The summed E-state index contributed by atoms with van der Waals surface area (Å²) < 4.78 is 5.05. The Bertz CT molecular complexity index is 291. The van der Waals surface area contributed by atoms with Gasteiger partial charge in [0.05, 0.1) is 19.3 Å². The van der Waals surface area contributed by atoms with Crippen molar-refractivity contribution in [3.8, 4) is 0 Å². The van der Waals surface area contributed by atoms with Gasteiger partial charge in [0.2, 0.25) is 0 Å². The SMILES string of the molecule is O=C(NC1CCC1)NC1COCC1C(=O)O. The van der Waals surface area contributed by atoms with Gasteiger partial charge in [-0.15, -0.1) is 0 Å². The highest BCUT2D eigenvalue weighted by molar-refractivity contribution is 5.77. The minimum Gasteiger partial charge on any atom is -0.481 e. The van der Waals surface area contributed by atoms with Crippen molar-refractivity contribution >= 4 is 12.0 Å². The van der Waals surface area contributed by atoms with E-state index in [1.165, 1.54) is 0 Å². The number of hydrogen-bond donors (Lipinski definition) is 3. The summed E-state index contributed by atoms with van der Waals surface area (Å²) in [7, 11) is 0. The van der Waals surface area contributed by atoms with Crippen molar-refractivity contribution in [2.45, 2.75) is 31.3 Å². The van der Waals surface area contributed by atoms with Crippen LogP contribution in [0.2, 0.25) is 0 Å². The Balaban J connectivity index is 1.78. The van der Waals surface area contributed by atoms with Gasteiger partial charge >= 0.3 is 12.0 Å². The number of carbonyl (C=O) groups excluding carboxylic acids is 1. The highest BCUT2D eigenvalue weighted by atomic mass is 16.5. The van der Waals surface area contributed by atoms with Crippen molar-refractivity contribution < 1.29 is 19.4 Å². The molecule has 0 aromatic carbocycles. The zero-order chi connectivity index (χ0) is 11.5. The number of carboxylic acid groups (broad SMARTS) is 1. The normalized spacial score (nSPS) is 29.5. The van der Waals surface area contributed by atoms with Crippen LogP contribution in [0.3, 0.4) is 0 Å². The van der Waals surface area contributed by atoms with Crippen molar-refractivity contribution in [1.29, 1.82) is 0 Å². The van der Waals surface area contributed by atoms with E-state index >= 15 is 0 Å². The second kappa shape index (κ2) is 4.69. The van der Waals surface area contributed by atoms with Crippen LogP contribution < -0.4 is 10.6 Å². The lowest BCUT2D eigenvalue weighted by molar-refractivity contribution is -0.142. The fourth-order valence-corrected chi connectivity index (χ4v) is 1.89. The maximum Gasteiger partial charge on any atom is 0.315 e. The van der Waals surface area contributed by atoms with Crippen molar-refractivity contribution in [2.75, 3.05) is 13.2 Å². The van der Waals surface area contributed by atoms with Crippen LogP contribution in [0.15, 0.2) is 0 Å². The van der Waals surface area contributed by atoms with Crippen molar-refractivity contribution in [2.24, 2.45) is 5.92 Å². The van der Waals surface area contributed by atoms with Crippen molar-refractivity contribution in [1.82, 2.24) is 10.6 Å². The molecule has 0 spiro atoms.